The number of nitrogens with two attached hydrogens (primary N) is 1. The van der Waals surface area contributed by atoms with Gasteiger partial charge in [-0.05, 0) is 47.5 Å². The summed E-state index contributed by atoms with van der Waals surface area (Å²) >= 11 is 6.06. The summed E-state index contributed by atoms with van der Waals surface area (Å²) in [5.41, 5.74) is 8.20. The van der Waals surface area contributed by atoms with Crippen LogP contribution >= 0.6 is 24.0 Å². The molecule has 0 aliphatic heterocycles. The fourth-order valence-corrected chi connectivity index (χ4v) is 2.63. The predicted molar refractivity (Wildman–Crippen MR) is 95.1 cm³/mol. The fraction of sp³-hybridized carbons (Fsp3) is 0.176. The van der Waals surface area contributed by atoms with Gasteiger partial charge >= 0.3 is 11.9 Å². The summed E-state index contributed by atoms with van der Waals surface area (Å²) in [5, 5.41) is 18.5. The highest BCUT2D eigenvalue weighted by molar-refractivity contribution is 6.30. The van der Waals surface area contributed by atoms with Gasteiger partial charge in [0.05, 0.1) is 12.0 Å². The van der Waals surface area contributed by atoms with Gasteiger partial charge in [0.1, 0.15) is 0 Å². The third-order valence-corrected chi connectivity index (χ3v) is 3.84. The number of carboxylic acids is 2. The molecule has 0 aromatic heterocycles. The van der Waals surface area contributed by atoms with Gasteiger partial charge in [-0.15, -0.1) is 12.4 Å². The summed E-state index contributed by atoms with van der Waals surface area (Å²) in [6.07, 6.45) is -0.0850. The number of rotatable bonds is 6. The van der Waals surface area contributed by atoms with E-state index >= 15 is 0 Å². The highest BCUT2D eigenvalue weighted by Crippen LogP contribution is 2.33. The van der Waals surface area contributed by atoms with Crippen molar-refractivity contribution >= 4 is 35.9 Å². The molecule has 0 heterocycles. The molecule has 2 rings (SSSR count). The van der Waals surface area contributed by atoms with Crippen molar-refractivity contribution in [3.8, 4) is 11.1 Å². The maximum absolute atomic E-state index is 11.0. The van der Waals surface area contributed by atoms with E-state index < -0.39 is 11.9 Å². The molecule has 5 nitrogen and oxygen atoms in total. The molecule has 2 aromatic rings. The Bertz CT molecular complexity index is 732. The molecule has 128 valence electrons. The van der Waals surface area contributed by atoms with E-state index in [0.29, 0.717) is 5.02 Å². The number of aliphatic carboxylic acids is 1. The molecular formula is C17H17Cl2NO4. The van der Waals surface area contributed by atoms with Gasteiger partial charge in [0.15, 0.2) is 0 Å². The zero-order valence-corrected chi connectivity index (χ0v) is 14.2. The molecule has 0 fully saturated rings. The van der Waals surface area contributed by atoms with E-state index in [9.17, 15) is 9.59 Å². The number of aromatic carboxylic acids is 1. The Morgan fingerprint density at radius 1 is 1.08 bits per heavy atom. The minimum Gasteiger partial charge on any atom is -0.481 e. The number of hydrogen-bond acceptors (Lipinski definition) is 3. The largest absolute Gasteiger partial charge is 0.481 e. The second-order valence-electron chi connectivity index (χ2n) is 5.14. The van der Waals surface area contributed by atoms with Gasteiger partial charge in [-0.2, -0.15) is 0 Å². The van der Waals surface area contributed by atoms with Crippen molar-refractivity contribution < 1.29 is 19.8 Å². The third-order valence-electron chi connectivity index (χ3n) is 3.60. The first-order valence-corrected chi connectivity index (χ1v) is 7.35. The Kier molecular flexibility index (Phi) is 7.22. The lowest BCUT2D eigenvalue weighted by Gasteiger charge is -2.18. The molecule has 4 N–H and O–H groups in total. The van der Waals surface area contributed by atoms with Gasteiger partial charge in [-0.1, -0.05) is 29.8 Å². The summed E-state index contributed by atoms with van der Waals surface area (Å²) in [6, 6.07) is 11.5. The van der Waals surface area contributed by atoms with Crippen LogP contribution in [0.1, 0.15) is 28.3 Å². The maximum Gasteiger partial charge on any atom is 0.335 e. The van der Waals surface area contributed by atoms with E-state index in [4.69, 9.17) is 27.5 Å². The van der Waals surface area contributed by atoms with Gasteiger partial charge in [0, 0.05) is 10.9 Å². The Morgan fingerprint density at radius 3 is 2.21 bits per heavy atom. The summed E-state index contributed by atoms with van der Waals surface area (Å²) in [5.74, 6) is -2.28. The first kappa shape index (κ1) is 20.0. The lowest BCUT2D eigenvalue weighted by Crippen LogP contribution is -2.17. The van der Waals surface area contributed by atoms with Crippen LogP contribution in [0.2, 0.25) is 5.02 Å². The summed E-state index contributed by atoms with van der Waals surface area (Å²) in [6.45, 7) is 0.189. The molecule has 0 amide bonds. The van der Waals surface area contributed by atoms with Crippen molar-refractivity contribution in [1.82, 2.24) is 0 Å². The summed E-state index contributed by atoms with van der Waals surface area (Å²) in [7, 11) is 0. The topological polar surface area (TPSA) is 101 Å². The highest BCUT2D eigenvalue weighted by atomic mass is 35.5. The number of hydrogen-bond donors (Lipinski definition) is 3. The number of carboxylic acid groups (broad SMARTS) is 2. The van der Waals surface area contributed by atoms with E-state index in [2.05, 4.69) is 0 Å². The summed E-state index contributed by atoms with van der Waals surface area (Å²) in [4.78, 5) is 22.0. The molecule has 0 saturated carbocycles. The van der Waals surface area contributed by atoms with Crippen LogP contribution in [0.25, 0.3) is 11.1 Å². The van der Waals surface area contributed by atoms with Crippen molar-refractivity contribution in [1.29, 1.82) is 0 Å². The van der Waals surface area contributed by atoms with Crippen LogP contribution in [-0.2, 0) is 4.79 Å². The van der Waals surface area contributed by atoms with E-state index in [1.54, 1.807) is 30.3 Å². The lowest BCUT2D eigenvalue weighted by atomic mass is 9.88. The SMILES string of the molecule is Cl.NC[C@H](CC(=O)O)c1ccc(Cl)cc1-c1ccc(C(=O)O)cc1. The van der Waals surface area contributed by atoms with Gasteiger partial charge in [-0.3, -0.25) is 4.79 Å². The van der Waals surface area contributed by atoms with Crippen LogP contribution in [0.4, 0.5) is 0 Å². The van der Waals surface area contributed by atoms with Gasteiger partial charge in [0.2, 0.25) is 0 Å². The third kappa shape index (κ3) is 4.71. The molecule has 2 aromatic carbocycles. The maximum atomic E-state index is 11.0. The molecule has 0 bridgehead atoms. The van der Waals surface area contributed by atoms with Gasteiger partial charge < -0.3 is 15.9 Å². The number of carbonyl (C=O) groups is 2. The molecule has 1 atom stereocenters. The average Bonchev–Trinajstić information content (AvgIpc) is 2.52. The minimum absolute atomic E-state index is 0. The first-order valence-electron chi connectivity index (χ1n) is 6.97. The molecule has 0 radical (unpaired) electrons. The Balaban J connectivity index is 0.00000288. The van der Waals surface area contributed by atoms with Crippen molar-refractivity contribution in [3.63, 3.8) is 0 Å². The first-order chi connectivity index (χ1) is 10.9. The van der Waals surface area contributed by atoms with E-state index in [-0.39, 0.29) is 36.9 Å². The molecule has 7 heteroatoms. The average molecular weight is 370 g/mol. The van der Waals surface area contributed by atoms with Crippen molar-refractivity contribution in [3.05, 3.63) is 58.6 Å². The highest BCUT2D eigenvalue weighted by Gasteiger charge is 2.18. The second kappa shape index (κ2) is 8.68. The molecule has 0 unspecified atom stereocenters. The molecule has 0 saturated heterocycles. The standard InChI is InChI=1S/C17H16ClNO4.ClH/c18-13-5-6-14(12(9-19)7-16(20)21)15(8-13)10-1-3-11(4-2-10)17(22)23;/h1-6,8,12H,7,9,19H2,(H,20,21)(H,22,23);1H/t12-;/m0./s1. The van der Waals surface area contributed by atoms with Crippen molar-refractivity contribution in [2.75, 3.05) is 6.54 Å². The number of halogens is 2. The van der Waals surface area contributed by atoms with Crippen molar-refractivity contribution in [2.24, 2.45) is 5.73 Å². The van der Waals surface area contributed by atoms with Crippen LogP contribution in [-0.4, -0.2) is 28.7 Å². The molecule has 24 heavy (non-hydrogen) atoms. The van der Waals surface area contributed by atoms with E-state index in [0.717, 1.165) is 16.7 Å². The summed E-state index contributed by atoms with van der Waals surface area (Å²) < 4.78 is 0. The monoisotopic (exact) mass is 369 g/mol. The fourth-order valence-electron chi connectivity index (χ4n) is 2.46. The van der Waals surface area contributed by atoms with E-state index in [1.165, 1.54) is 12.1 Å². The van der Waals surface area contributed by atoms with Crippen LogP contribution in [0.15, 0.2) is 42.5 Å². The van der Waals surface area contributed by atoms with Gasteiger partial charge in [0.25, 0.3) is 0 Å². The predicted octanol–water partition coefficient (Wildman–Crippen LogP) is 3.64. The van der Waals surface area contributed by atoms with Crippen LogP contribution < -0.4 is 5.73 Å². The molecule has 0 spiro atoms. The molecule has 0 aliphatic carbocycles. The Morgan fingerprint density at radius 2 is 1.71 bits per heavy atom. The molecule has 0 aliphatic rings. The van der Waals surface area contributed by atoms with Crippen molar-refractivity contribution in [2.45, 2.75) is 12.3 Å². The van der Waals surface area contributed by atoms with Gasteiger partial charge in [-0.25, -0.2) is 4.79 Å². The minimum atomic E-state index is -1.01. The molecular weight excluding hydrogens is 353 g/mol. The quantitative estimate of drug-likeness (QED) is 0.721. The van der Waals surface area contributed by atoms with Crippen LogP contribution in [0, 0.1) is 0 Å². The van der Waals surface area contributed by atoms with E-state index in [1.807, 2.05) is 0 Å². The zero-order chi connectivity index (χ0) is 17.0. The number of benzene rings is 2. The van der Waals surface area contributed by atoms with Crippen LogP contribution in [0.5, 0.6) is 0 Å². The zero-order valence-electron chi connectivity index (χ0n) is 12.6. The van der Waals surface area contributed by atoms with Crippen LogP contribution in [0.3, 0.4) is 0 Å². The lowest BCUT2D eigenvalue weighted by molar-refractivity contribution is -0.137. The normalized spacial score (nSPS) is 11.4. The smallest absolute Gasteiger partial charge is 0.335 e. The second-order valence-corrected chi connectivity index (χ2v) is 5.58. The Labute approximate surface area is 150 Å². The Hall–Kier alpha value is -2.08.